The van der Waals surface area contributed by atoms with Crippen molar-refractivity contribution in [2.45, 2.75) is 44.7 Å². The number of aryl methyl sites for hydroxylation is 2. The van der Waals surface area contributed by atoms with E-state index in [0.29, 0.717) is 31.0 Å². The Bertz CT molecular complexity index is 1080. The maximum absolute atomic E-state index is 13.2. The van der Waals surface area contributed by atoms with Gasteiger partial charge in [0, 0.05) is 39.4 Å². The molecule has 2 N–H and O–H groups in total. The molecule has 3 rings (SSSR count). The van der Waals surface area contributed by atoms with E-state index in [0.717, 1.165) is 0 Å². The molecular weight excluding hydrogens is 448 g/mol. The topological polar surface area (TPSA) is 123 Å². The zero-order valence-corrected chi connectivity index (χ0v) is 20.7. The Morgan fingerprint density at radius 1 is 1.27 bits per heavy atom. The standard InChI is InChI=1S/C22H32N4O6S/c1-13-10-23-14(2)12-31-19-9-17(25-33(28,29)21-15(3)24-32-16(21)4)7-8-18(19)22(27)26(5)11-20(13)30-6/h7-9,13-14,20,23,25H,10-12H2,1-6H3/t13-,14-,20+/m0/s1. The molecule has 0 saturated carbocycles. The maximum atomic E-state index is 13.2. The Morgan fingerprint density at radius 3 is 2.64 bits per heavy atom. The van der Waals surface area contributed by atoms with Gasteiger partial charge in [0.05, 0.1) is 17.4 Å². The van der Waals surface area contributed by atoms with Gasteiger partial charge in [-0.25, -0.2) is 8.42 Å². The molecule has 1 aromatic carbocycles. The van der Waals surface area contributed by atoms with Crippen LogP contribution in [-0.4, -0.2) is 70.4 Å². The minimum Gasteiger partial charge on any atom is -0.491 e. The van der Waals surface area contributed by atoms with E-state index in [1.165, 1.54) is 19.1 Å². The highest BCUT2D eigenvalue weighted by Crippen LogP contribution is 2.28. The van der Waals surface area contributed by atoms with Gasteiger partial charge in [-0.3, -0.25) is 9.52 Å². The quantitative estimate of drug-likeness (QED) is 0.683. The van der Waals surface area contributed by atoms with Crippen molar-refractivity contribution >= 4 is 21.6 Å². The van der Waals surface area contributed by atoms with E-state index in [2.05, 4.69) is 22.1 Å². The summed E-state index contributed by atoms with van der Waals surface area (Å²) in [5.41, 5.74) is 0.870. The summed E-state index contributed by atoms with van der Waals surface area (Å²) in [7, 11) is -0.585. The Kier molecular flexibility index (Phi) is 7.65. The number of amides is 1. The van der Waals surface area contributed by atoms with Crippen molar-refractivity contribution < 1.29 is 27.2 Å². The van der Waals surface area contributed by atoms with Gasteiger partial charge < -0.3 is 24.2 Å². The molecule has 1 aliphatic rings. The van der Waals surface area contributed by atoms with E-state index in [9.17, 15) is 13.2 Å². The summed E-state index contributed by atoms with van der Waals surface area (Å²) in [6.07, 6.45) is -0.136. The van der Waals surface area contributed by atoms with E-state index < -0.39 is 10.0 Å². The third kappa shape index (κ3) is 5.66. The lowest BCUT2D eigenvalue weighted by Crippen LogP contribution is -2.44. The second-order valence-corrected chi connectivity index (χ2v) is 10.1. The van der Waals surface area contributed by atoms with Crippen LogP contribution < -0.4 is 14.8 Å². The SMILES string of the molecule is CO[C@@H]1CN(C)C(=O)c2ccc(NS(=O)(=O)c3c(C)noc3C)cc2OC[C@H](C)NC[C@@H]1C. The molecule has 0 fully saturated rings. The summed E-state index contributed by atoms with van der Waals surface area (Å²) in [6.45, 7) is 8.56. The average Bonchev–Trinajstić information content (AvgIpc) is 3.11. The van der Waals surface area contributed by atoms with E-state index in [1.54, 1.807) is 32.0 Å². The van der Waals surface area contributed by atoms with Crippen LogP contribution in [0.5, 0.6) is 5.75 Å². The van der Waals surface area contributed by atoms with Gasteiger partial charge in [0.25, 0.3) is 15.9 Å². The molecule has 2 aromatic rings. The average molecular weight is 481 g/mol. The van der Waals surface area contributed by atoms with Crippen LogP contribution in [0, 0.1) is 19.8 Å². The smallest absolute Gasteiger partial charge is 0.267 e. The molecule has 0 bridgehead atoms. The number of benzene rings is 1. The molecule has 0 radical (unpaired) electrons. The van der Waals surface area contributed by atoms with Gasteiger partial charge in [-0.05, 0) is 38.8 Å². The first-order valence-electron chi connectivity index (χ1n) is 10.8. The summed E-state index contributed by atoms with van der Waals surface area (Å²) in [5, 5.41) is 7.13. The third-order valence-electron chi connectivity index (χ3n) is 5.72. The van der Waals surface area contributed by atoms with Crippen LogP contribution >= 0.6 is 0 Å². The lowest BCUT2D eigenvalue weighted by Gasteiger charge is -2.30. The minimum atomic E-state index is -3.94. The molecule has 1 aliphatic heterocycles. The van der Waals surface area contributed by atoms with Gasteiger partial charge in [-0.15, -0.1) is 0 Å². The molecule has 1 aromatic heterocycles. The van der Waals surface area contributed by atoms with Crippen LogP contribution in [0.15, 0.2) is 27.6 Å². The van der Waals surface area contributed by atoms with Crippen molar-refractivity contribution in [1.82, 2.24) is 15.4 Å². The number of nitrogens with zero attached hydrogens (tertiary/aromatic N) is 2. The molecule has 182 valence electrons. The molecular formula is C22H32N4O6S. The summed E-state index contributed by atoms with van der Waals surface area (Å²) < 4.78 is 44.9. The number of fused-ring (bicyclic) bond motifs is 1. The van der Waals surface area contributed by atoms with Crippen LogP contribution in [-0.2, 0) is 14.8 Å². The highest BCUT2D eigenvalue weighted by molar-refractivity contribution is 7.92. The van der Waals surface area contributed by atoms with Gasteiger partial charge in [-0.1, -0.05) is 12.1 Å². The van der Waals surface area contributed by atoms with Crippen molar-refractivity contribution in [3.8, 4) is 5.75 Å². The number of aromatic nitrogens is 1. The summed E-state index contributed by atoms with van der Waals surface area (Å²) in [5.74, 6) is 0.441. The van der Waals surface area contributed by atoms with Crippen LogP contribution in [0.1, 0.15) is 35.7 Å². The summed E-state index contributed by atoms with van der Waals surface area (Å²) in [4.78, 5) is 14.8. The molecule has 0 spiro atoms. The Hall–Kier alpha value is -2.63. The first kappa shape index (κ1) is 25.0. The van der Waals surface area contributed by atoms with Crippen molar-refractivity contribution in [3.63, 3.8) is 0 Å². The Morgan fingerprint density at radius 2 is 2.00 bits per heavy atom. The highest BCUT2D eigenvalue weighted by Gasteiger charge is 2.27. The second-order valence-electron chi connectivity index (χ2n) is 8.53. The summed E-state index contributed by atoms with van der Waals surface area (Å²) in [6, 6.07) is 4.63. The van der Waals surface area contributed by atoms with Crippen LogP contribution in [0.2, 0.25) is 0 Å². The molecule has 11 heteroatoms. The second kappa shape index (κ2) is 10.1. The van der Waals surface area contributed by atoms with Crippen molar-refractivity contribution in [2.75, 3.05) is 38.6 Å². The lowest BCUT2D eigenvalue weighted by atomic mass is 10.0. The monoisotopic (exact) mass is 480 g/mol. The van der Waals surface area contributed by atoms with E-state index >= 15 is 0 Å². The van der Waals surface area contributed by atoms with Crippen LogP contribution in [0.4, 0.5) is 5.69 Å². The van der Waals surface area contributed by atoms with Gasteiger partial charge >= 0.3 is 0 Å². The zero-order chi connectivity index (χ0) is 24.3. The number of hydrogen-bond acceptors (Lipinski definition) is 8. The molecule has 3 atom stereocenters. The first-order valence-corrected chi connectivity index (χ1v) is 12.3. The minimum absolute atomic E-state index is 0.00714. The number of ether oxygens (including phenoxy) is 2. The van der Waals surface area contributed by atoms with E-state index in [4.69, 9.17) is 14.0 Å². The van der Waals surface area contributed by atoms with Gasteiger partial charge in [0.1, 0.15) is 18.1 Å². The number of nitrogens with one attached hydrogen (secondary N) is 2. The van der Waals surface area contributed by atoms with Gasteiger partial charge in [-0.2, -0.15) is 0 Å². The number of hydrogen-bond donors (Lipinski definition) is 2. The van der Waals surface area contributed by atoms with E-state index in [-0.39, 0.29) is 46.0 Å². The predicted molar refractivity (Wildman–Crippen MR) is 123 cm³/mol. The largest absolute Gasteiger partial charge is 0.491 e. The predicted octanol–water partition coefficient (Wildman–Crippen LogP) is 2.19. The first-order chi connectivity index (χ1) is 15.5. The normalized spacial score (nSPS) is 22.7. The molecule has 0 saturated heterocycles. The molecule has 0 aliphatic carbocycles. The number of carbonyl (C=O) groups excluding carboxylic acids is 1. The molecule has 33 heavy (non-hydrogen) atoms. The fourth-order valence-electron chi connectivity index (χ4n) is 3.78. The van der Waals surface area contributed by atoms with Crippen LogP contribution in [0.25, 0.3) is 0 Å². The molecule has 1 amide bonds. The number of methoxy groups -OCH3 is 1. The van der Waals surface area contributed by atoms with Crippen molar-refractivity contribution in [2.24, 2.45) is 5.92 Å². The number of sulfonamides is 1. The van der Waals surface area contributed by atoms with Gasteiger partial charge in [0.2, 0.25) is 0 Å². The Balaban J connectivity index is 1.94. The number of likely N-dealkylation sites (N-methyl/N-ethyl adjacent to an activating group) is 1. The number of carbonyl (C=O) groups is 1. The fraction of sp³-hybridized carbons (Fsp3) is 0.545. The van der Waals surface area contributed by atoms with Crippen molar-refractivity contribution in [1.29, 1.82) is 0 Å². The zero-order valence-electron chi connectivity index (χ0n) is 19.8. The van der Waals surface area contributed by atoms with Crippen LogP contribution in [0.3, 0.4) is 0 Å². The Labute approximate surface area is 194 Å². The molecule has 10 nitrogen and oxygen atoms in total. The molecule has 0 unspecified atom stereocenters. The number of rotatable bonds is 4. The van der Waals surface area contributed by atoms with Gasteiger partial charge in [0.15, 0.2) is 10.7 Å². The number of anilines is 1. The molecule has 2 heterocycles. The maximum Gasteiger partial charge on any atom is 0.267 e. The highest BCUT2D eigenvalue weighted by atomic mass is 32.2. The van der Waals surface area contributed by atoms with Crippen molar-refractivity contribution in [3.05, 3.63) is 35.2 Å². The lowest BCUT2D eigenvalue weighted by molar-refractivity contribution is 0.0281. The summed E-state index contributed by atoms with van der Waals surface area (Å²) >= 11 is 0. The fourth-order valence-corrected chi connectivity index (χ4v) is 5.17. The van der Waals surface area contributed by atoms with E-state index in [1.807, 2.05) is 6.92 Å². The third-order valence-corrected chi connectivity index (χ3v) is 7.34.